The van der Waals surface area contributed by atoms with Crippen molar-refractivity contribution >= 4 is 29.1 Å². The van der Waals surface area contributed by atoms with Gasteiger partial charge >= 0.3 is 6.18 Å². The fourth-order valence-corrected chi connectivity index (χ4v) is 2.20. The lowest BCUT2D eigenvalue weighted by Gasteiger charge is -2.10. The van der Waals surface area contributed by atoms with Gasteiger partial charge in [0.2, 0.25) is 5.91 Å². The van der Waals surface area contributed by atoms with Crippen LogP contribution in [0.5, 0.6) is 0 Å². The summed E-state index contributed by atoms with van der Waals surface area (Å²) in [5.41, 5.74) is -0.137. The van der Waals surface area contributed by atoms with Gasteiger partial charge in [0.25, 0.3) is 0 Å². The number of hydrogen-bond acceptors (Lipinski definition) is 4. The first kappa shape index (κ1) is 14.6. The van der Waals surface area contributed by atoms with Crippen molar-refractivity contribution in [2.45, 2.75) is 13.1 Å². The summed E-state index contributed by atoms with van der Waals surface area (Å²) in [6.45, 7) is 1.69. The third-order valence-corrected chi connectivity index (χ3v) is 3.31. The molecule has 0 saturated carbocycles. The number of nitrogens with zero attached hydrogens (tertiary/aromatic N) is 2. The number of thioether (sulfide) groups is 1. The largest absolute Gasteiger partial charge is 0.417 e. The molecule has 0 unspecified atom stereocenters. The number of amidine groups is 1. The van der Waals surface area contributed by atoms with Crippen molar-refractivity contribution in [3.8, 4) is 0 Å². The van der Waals surface area contributed by atoms with Gasteiger partial charge in [0.1, 0.15) is 0 Å². The van der Waals surface area contributed by atoms with Crippen LogP contribution in [0, 0.1) is 6.92 Å². The minimum absolute atomic E-state index is 0.0591. The first-order chi connectivity index (χ1) is 9.36. The van der Waals surface area contributed by atoms with Gasteiger partial charge in [-0.3, -0.25) is 4.79 Å². The SMILES string of the molecule is Cc1ccc(C(F)(F)F)c(C=NN=C2NC(=O)CS2)c1. The summed E-state index contributed by atoms with van der Waals surface area (Å²) >= 11 is 1.15. The van der Waals surface area contributed by atoms with Crippen LogP contribution in [0.2, 0.25) is 0 Å². The topological polar surface area (TPSA) is 53.8 Å². The van der Waals surface area contributed by atoms with Gasteiger partial charge in [0.15, 0.2) is 5.17 Å². The highest BCUT2D eigenvalue weighted by atomic mass is 32.2. The average Bonchev–Trinajstić information content (AvgIpc) is 2.73. The molecule has 20 heavy (non-hydrogen) atoms. The van der Waals surface area contributed by atoms with Gasteiger partial charge in [0.05, 0.1) is 17.5 Å². The van der Waals surface area contributed by atoms with Gasteiger partial charge in [-0.05, 0) is 19.1 Å². The third-order valence-electron chi connectivity index (χ3n) is 2.44. The highest BCUT2D eigenvalue weighted by Gasteiger charge is 2.32. The van der Waals surface area contributed by atoms with Gasteiger partial charge in [-0.25, -0.2) is 0 Å². The molecule has 1 saturated heterocycles. The fraction of sp³-hybridized carbons (Fsp3) is 0.250. The average molecular weight is 301 g/mol. The number of carbonyl (C=O) groups excluding carboxylic acids is 1. The van der Waals surface area contributed by atoms with E-state index in [-0.39, 0.29) is 22.4 Å². The molecular weight excluding hydrogens is 291 g/mol. The molecule has 2 rings (SSSR count). The molecule has 1 heterocycles. The highest BCUT2D eigenvalue weighted by molar-refractivity contribution is 8.15. The maximum absolute atomic E-state index is 12.8. The van der Waals surface area contributed by atoms with Gasteiger partial charge in [-0.1, -0.05) is 23.4 Å². The van der Waals surface area contributed by atoms with E-state index in [0.29, 0.717) is 5.56 Å². The van der Waals surface area contributed by atoms with Crippen molar-refractivity contribution in [2.75, 3.05) is 5.75 Å². The number of hydrogen-bond donors (Lipinski definition) is 1. The predicted molar refractivity (Wildman–Crippen MR) is 71.8 cm³/mol. The second-order valence-corrected chi connectivity index (χ2v) is 5.04. The number of benzene rings is 1. The summed E-state index contributed by atoms with van der Waals surface area (Å²) in [6, 6.07) is 3.78. The van der Waals surface area contributed by atoms with Crippen molar-refractivity contribution in [1.82, 2.24) is 5.32 Å². The Labute approximate surface area is 117 Å². The zero-order chi connectivity index (χ0) is 14.8. The van der Waals surface area contributed by atoms with Crippen LogP contribution >= 0.6 is 11.8 Å². The van der Waals surface area contributed by atoms with Crippen LogP contribution in [0.4, 0.5) is 13.2 Å². The van der Waals surface area contributed by atoms with Crippen molar-refractivity contribution in [1.29, 1.82) is 0 Å². The molecule has 1 aliphatic heterocycles. The summed E-state index contributed by atoms with van der Waals surface area (Å²) in [5.74, 6) is 0.0440. The number of rotatable bonds is 2. The van der Waals surface area contributed by atoms with E-state index in [1.54, 1.807) is 6.92 Å². The van der Waals surface area contributed by atoms with E-state index >= 15 is 0 Å². The van der Waals surface area contributed by atoms with E-state index in [1.165, 1.54) is 12.1 Å². The summed E-state index contributed by atoms with van der Waals surface area (Å²) in [4.78, 5) is 10.9. The molecule has 0 radical (unpaired) electrons. The first-order valence-corrected chi connectivity index (χ1v) is 6.56. The number of alkyl halides is 3. The van der Waals surface area contributed by atoms with Crippen LogP contribution in [0.15, 0.2) is 28.4 Å². The number of nitrogens with one attached hydrogen (secondary N) is 1. The minimum Gasteiger partial charge on any atom is -0.303 e. The third kappa shape index (κ3) is 3.60. The zero-order valence-corrected chi connectivity index (χ0v) is 11.2. The number of halogens is 3. The molecule has 1 N–H and O–H groups in total. The van der Waals surface area contributed by atoms with E-state index in [9.17, 15) is 18.0 Å². The van der Waals surface area contributed by atoms with Crippen LogP contribution in [-0.2, 0) is 11.0 Å². The molecule has 1 aliphatic rings. The maximum atomic E-state index is 12.8. The number of carbonyl (C=O) groups is 1. The summed E-state index contributed by atoms with van der Waals surface area (Å²) < 4.78 is 38.4. The molecule has 0 spiro atoms. The van der Waals surface area contributed by atoms with E-state index in [1.807, 2.05) is 0 Å². The second-order valence-electron chi connectivity index (χ2n) is 4.08. The lowest BCUT2D eigenvalue weighted by atomic mass is 10.1. The first-order valence-electron chi connectivity index (χ1n) is 5.58. The quantitative estimate of drug-likeness (QED) is 0.674. The second kappa shape index (κ2) is 5.66. The predicted octanol–water partition coefficient (Wildman–Crippen LogP) is 2.57. The van der Waals surface area contributed by atoms with Gasteiger partial charge in [-0.2, -0.15) is 18.3 Å². The normalized spacial score (nSPS) is 18.0. The molecular formula is C12H10F3N3OS. The lowest BCUT2D eigenvalue weighted by Crippen LogP contribution is -2.19. The molecule has 0 aromatic heterocycles. The Morgan fingerprint density at radius 1 is 1.40 bits per heavy atom. The highest BCUT2D eigenvalue weighted by Crippen LogP contribution is 2.31. The Balaban J connectivity index is 2.24. The molecule has 1 amide bonds. The van der Waals surface area contributed by atoms with Gasteiger partial charge < -0.3 is 5.32 Å². The molecule has 0 bridgehead atoms. The van der Waals surface area contributed by atoms with Crippen LogP contribution in [0.25, 0.3) is 0 Å². The van der Waals surface area contributed by atoms with Crippen LogP contribution in [0.1, 0.15) is 16.7 Å². The van der Waals surface area contributed by atoms with Crippen molar-refractivity contribution in [3.05, 3.63) is 34.9 Å². The van der Waals surface area contributed by atoms with Gasteiger partial charge in [0, 0.05) is 5.56 Å². The van der Waals surface area contributed by atoms with Crippen LogP contribution in [-0.4, -0.2) is 23.0 Å². The Morgan fingerprint density at radius 2 is 2.15 bits per heavy atom. The summed E-state index contributed by atoms with van der Waals surface area (Å²) in [7, 11) is 0. The molecule has 0 aliphatic carbocycles. The molecule has 1 aromatic rings. The fourth-order valence-electron chi connectivity index (χ4n) is 1.57. The summed E-state index contributed by atoms with van der Waals surface area (Å²) in [6.07, 6.45) is -3.41. The Bertz CT molecular complexity index is 596. The van der Waals surface area contributed by atoms with Crippen molar-refractivity contribution in [2.24, 2.45) is 10.2 Å². The van der Waals surface area contributed by atoms with E-state index < -0.39 is 11.7 Å². The standard InChI is InChI=1S/C12H10F3N3OS/c1-7-2-3-9(12(13,14)15)8(4-7)5-16-18-11-17-10(19)6-20-11/h2-5H,6H2,1H3,(H,17,18,19). The van der Waals surface area contributed by atoms with Crippen LogP contribution < -0.4 is 5.32 Å². The monoisotopic (exact) mass is 301 g/mol. The lowest BCUT2D eigenvalue weighted by molar-refractivity contribution is -0.137. The van der Waals surface area contributed by atoms with Gasteiger partial charge in [-0.15, -0.1) is 5.10 Å². The van der Waals surface area contributed by atoms with Crippen molar-refractivity contribution in [3.63, 3.8) is 0 Å². The molecule has 8 heteroatoms. The summed E-state index contributed by atoms with van der Waals surface area (Å²) in [5, 5.41) is 9.99. The minimum atomic E-state index is -4.45. The Kier molecular flexibility index (Phi) is 4.12. The number of amides is 1. The number of aryl methyl sites for hydroxylation is 1. The van der Waals surface area contributed by atoms with Crippen molar-refractivity contribution < 1.29 is 18.0 Å². The molecule has 1 aromatic carbocycles. The van der Waals surface area contributed by atoms with E-state index in [2.05, 4.69) is 15.5 Å². The maximum Gasteiger partial charge on any atom is 0.417 e. The molecule has 1 fully saturated rings. The zero-order valence-electron chi connectivity index (χ0n) is 10.4. The van der Waals surface area contributed by atoms with E-state index in [4.69, 9.17) is 0 Å². The molecule has 4 nitrogen and oxygen atoms in total. The molecule has 106 valence electrons. The molecule has 0 atom stereocenters. The smallest absolute Gasteiger partial charge is 0.303 e. The Morgan fingerprint density at radius 3 is 2.75 bits per heavy atom. The Hall–Kier alpha value is -1.83. The van der Waals surface area contributed by atoms with Crippen LogP contribution in [0.3, 0.4) is 0 Å². The van der Waals surface area contributed by atoms with E-state index in [0.717, 1.165) is 24.0 Å².